The highest BCUT2D eigenvalue weighted by Gasteiger charge is 2.07. The Labute approximate surface area is 113 Å². The first-order chi connectivity index (χ1) is 9.58. The van der Waals surface area contributed by atoms with Gasteiger partial charge in [0, 0.05) is 31.0 Å². The number of anilines is 2. The number of nitrogens with one attached hydrogen (secondary N) is 2. The zero-order chi connectivity index (χ0) is 14.5. The molecule has 1 aromatic heterocycles. The standard InChI is InChI=1S/C12H12N4O4/c1-20-7-9-6-11(17)15-12(14-9)13-8-3-2-4-10(5-8)16(18)19/h2-6H,7H2,1H3,(H2,13,14,15,17). The second-order valence-corrected chi connectivity index (χ2v) is 3.95. The third-order valence-corrected chi connectivity index (χ3v) is 2.41. The van der Waals surface area contributed by atoms with Gasteiger partial charge >= 0.3 is 0 Å². The molecule has 0 atom stereocenters. The molecule has 2 N–H and O–H groups in total. The lowest BCUT2D eigenvalue weighted by atomic mass is 10.3. The Hall–Kier alpha value is -2.74. The first-order valence-electron chi connectivity index (χ1n) is 5.69. The number of aromatic amines is 1. The van der Waals surface area contributed by atoms with Crippen molar-refractivity contribution in [3.05, 3.63) is 56.5 Å². The Morgan fingerprint density at radius 2 is 2.25 bits per heavy atom. The Balaban J connectivity index is 2.27. The van der Waals surface area contributed by atoms with Crippen molar-refractivity contribution < 1.29 is 9.66 Å². The van der Waals surface area contributed by atoms with Crippen LogP contribution in [0.1, 0.15) is 5.69 Å². The summed E-state index contributed by atoms with van der Waals surface area (Å²) < 4.78 is 4.91. The summed E-state index contributed by atoms with van der Waals surface area (Å²) >= 11 is 0. The van der Waals surface area contributed by atoms with Gasteiger partial charge in [-0.05, 0) is 6.07 Å². The molecule has 104 valence electrons. The van der Waals surface area contributed by atoms with Crippen molar-refractivity contribution >= 4 is 17.3 Å². The molecule has 0 saturated carbocycles. The number of nitro groups is 1. The van der Waals surface area contributed by atoms with E-state index in [9.17, 15) is 14.9 Å². The van der Waals surface area contributed by atoms with Gasteiger partial charge in [0.05, 0.1) is 17.2 Å². The second-order valence-electron chi connectivity index (χ2n) is 3.95. The molecule has 0 unspecified atom stereocenters. The van der Waals surface area contributed by atoms with Crippen LogP contribution in [0, 0.1) is 10.1 Å². The van der Waals surface area contributed by atoms with E-state index in [4.69, 9.17) is 4.74 Å². The van der Waals surface area contributed by atoms with Gasteiger partial charge in [-0.1, -0.05) is 6.07 Å². The van der Waals surface area contributed by atoms with Crippen molar-refractivity contribution in [1.82, 2.24) is 9.97 Å². The van der Waals surface area contributed by atoms with Crippen LogP contribution in [-0.2, 0) is 11.3 Å². The molecule has 1 aromatic carbocycles. The maximum Gasteiger partial charge on any atom is 0.271 e. The molecule has 0 spiro atoms. The van der Waals surface area contributed by atoms with Gasteiger partial charge in [-0.3, -0.25) is 19.9 Å². The van der Waals surface area contributed by atoms with E-state index < -0.39 is 4.92 Å². The quantitative estimate of drug-likeness (QED) is 0.633. The number of rotatable bonds is 5. The predicted octanol–water partition coefficient (Wildman–Crippen LogP) is 1.57. The summed E-state index contributed by atoms with van der Waals surface area (Å²) in [6, 6.07) is 7.22. The number of methoxy groups -OCH3 is 1. The number of hydrogen-bond acceptors (Lipinski definition) is 6. The fraction of sp³-hybridized carbons (Fsp3) is 0.167. The van der Waals surface area contributed by atoms with Crippen LogP contribution in [0.2, 0.25) is 0 Å². The van der Waals surface area contributed by atoms with Gasteiger partial charge in [-0.25, -0.2) is 4.98 Å². The highest BCUT2D eigenvalue weighted by molar-refractivity contribution is 5.57. The molecule has 20 heavy (non-hydrogen) atoms. The van der Waals surface area contributed by atoms with Crippen LogP contribution in [0.4, 0.5) is 17.3 Å². The number of benzene rings is 1. The number of nitro benzene ring substituents is 1. The smallest absolute Gasteiger partial charge is 0.271 e. The minimum Gasteiger partial charge on any atom is -0.378 e. The number of H-pyrrole nitrogens is 1. The fourth-order valence-electron chi connectivity index (χ4n) is 1.62. The summed E-state index contributed by atoms with van der Waals surface area (Å²) in [5, 5.41) is 13.5. The Morgan fingerprint density at radius 1 is 1.45 bits per heavy atom. The van der Waals surface area contributed by atoms with Gasteiger partial charge in [-0.2, -0.15) is 0 Å². The lowest BCUT2D eigenvalue weighted by Gasteiger charge is -2.06. The van der Waals surface area contributed by atoms with Crippen LogP contribution in [0.3, 0.4) is 0 Å². The van der Waals surface area contributed by atoms with Gasteiger partial charge in [0.25, 0.3) is 11.2 Å². The first kappa shape index (κ1) is 13.7. The highest BCUT2D eigenvalue weighted by atomic mass is 16.6. The number of aromatic nitrogens is 2. The van der Waals surface area contributed by atoms with Gasteiger partial charge in [0.15, 0.2) is 0 Å². The normalized spacial score (nSPS) is 10.2. The molecular formula is C12H12N4O4. The van der Waals surface area contributed by atoms with E-state index in [1.807, 2.05) is 0 Å². The van der Waals surface area contributed by atoms with Crippen LogP contribution in [-0.4, -0.2) is 22.0 Å². The van der Waals surface area contributed by atoms with Gasteiger partial charge in [0.1, 0.15) is 0 Å². The van der Waals surface area contributed by atoms with E-state index in [1.165, 1.54) is 31.4 Å². The maximum absolute atomic E-state index is 11.5. The van der Waals surface area contributed by atoms with Crippen LogP contribution in [0.15, 0.2) is 35.1 Å². The Bertz CT molecular complexity index is 683. The Morgan fingerprint density at radius 3 is 2.95 bits per heavy atom. The molecule has 0 aliphatic heterocycles. The minimum atomic E-state index is -0.497. The second kappa shape index (κ2) is 5.93. The van der Waals surface area contributed by atoms with E-state index in [-0.39, 0.29) is 23.8 Å². The zero-order valence-electron chi connectivity index (χ0n) is 10.6. The van der Waals surface area contributed by atoms with E-state index in [1.54, 1.807) is 6.07 Å². The summed E-state index contributed by atoms with van der Waals surface area (Å²) in [4.78, 5) is 28.3. The van der Waals surface area contributed by atoms with Crippen molar-refractivity contribution in [2.75, 3.05) is 12.4 Å². The van der Waals surface area contributed by atoms with E-state index in [0.717, 1.165) is 0 Å². The molecule has 0 amide bonds. The van der Waals surface area contributed by atoms with Crippen molar-refractivity contribution in [2.45, 2.75) is 6.61 Å². The molecule has 0 aliphatic rings. The van der Waals surface area contributed by atoms with Crippen LogP contribution >= 0.6 is 0 Å². The zero-order valence-corrected chi connectivity index (χ0v) is 10.6. The van der Waals surface area contributed by atoms with Crippen molar-refractivity contribution in [2.24, 2.45) is 0 Å². The van der Waals surface area contributed by atoms with Crippen molar-refractivity contribution in [1.29, 1.82) is 0 Å². The van der Waals surface area contributed by atoms with E-state index in [2.05, 4.69) is 15.3 Å². The fourth-order valence-corrected chi connectivity index (χ4v) is 1.62. The lowest BCUT2D eigenvalue weighted by molar-refractivity contribution is -0.384. The number of hydrogen-bond donors (Lipinski definition) is 2. The van der Waals surface area contributed by atoms with Gasteiger partial charge in [-0.15, -0.1) is 0 Å². The molecule has 8 nitrogen and oxygen atoms in total. The highest BCUT2D eigenvalue weighted by Crippen LogP contribution is 2.19. The monoisotopic (exact) mass is 276 g/mol. The third-order valence-electron chi connectivity index (χ3n) is 2.41. The van der Waals surface area contributed by atoms with Crippen LogP contribution in [0.25, 0.3) is 0 Å². The van der Waals surface area contributed by atoms with E-state index >= 15 is 0 Å². The molecule has 8 heteroatoms. The molecule has 0 aliphatic carbocycles. The topological polar surface area (TPSA) is 110 Å². The molecule has 2 rings (SSSR count). The van der Waals surface area contributed by atoms with Crippen molar-refractivity contribution in [3.63, 3.8) is 0 Å². The Kier molecular flexibility index (Phi) is 4.06. The van der Waals surface area contributed by atoms with E-state index in [0.29, 0.717) is 11.4 Å². The molecule has 0 fully saturated rings. The lowest BCUT2D eigenvalue weighted by Crippen LogP contribution is -2.12. The summed E-state index contributed by atoms with van der Waals surface area (Å²) in [6.07, 6.45) is 0. The SMILES string of the molecule is COCc1cc(=O)[nH]c(Nc2cccc([N+](=O)[O-])c2)n1. The summed E-state index contributed by atoms with van der Waals surface area (Å²) in [5.74, 6) is 0.199. The number of ether oxygens (including phenoxy) is 1. The average molecular weight is 276 g/mol. The molecule has 2 aromatic rings. The average Bonchev–Trinajstić information content (AvgIpc) is 2.38. The van der Waals surface area contributed by atoms with Crippen LogP contribution in [0.5, 0.6) is 0 Å². The maximum atomic E-state index is 11.5. The number of non-ortho nitro benzene ring substituents is 1. The largest absolute Gasteiger partial charge is 0.378 e. The number of nitrogens with zero attached hydrogens (tertiary/aromatic N) is 2. The van der Waals surface area contributed by atoms with Gasteiger partial charge < -0.3 is 10.1 Å². The summed E-state index contributed by atoms with van der Waals surface area (Å²) in [7, 11) is 1.50. The molecule has 1 heterocycles. The third kappa shape index (κ3) is 3.39. The molecule has 0 radical (unpaired) electrons. The van der Waals surface area contributed by atoms with Crippen molar-refractivity contribution in [3.8, 4) is 0 Å². The van der Waals surface area contributed by atoms with Gasteiger partial charge in [0.2, 0.25) is 5.95 Å². The first-order valence-corrected chi connectivity index (χ1v) is 5.69. The predicted molar refractivity (Wildman–Crippen MR) is 71.9 cm³/mol. The minimum absolute atomic E-state index is 0.0506. The van der Waals surface area contributed by atoms with Crippen LogP contribution < -0.4 is 10.9 Å². The summed E-state index contributed by atoms with van der Waals surface area (Å²) in [6.45, 7) is 0.202. The molecule has 0 saturated heterocycles. The molecule has 0 bridgehead atoms. The summed E-state index contributed by atoms with van der Waals surface area (Å²) in [5.41, 5.74) is 0.534. The molecular weight excluding hydrogens is 264 g/mol.